The average molecular weight is 341 g/mol. The lowest BCUT2D eigenvalue weighted by molar-refractivity contribution is 0.0601. The maximum absolute atomic E-state index is 11.7. The largest absolute Gasteiger partial charge is 0.465 e. The van der Waals surface area contributed by atoms with E-state index in [0.717, 1.165) is 5.56 Å². The van der Waals surface area contributed by atoms with Crippen LogP contribution in [0.5, 0.6) is 0 Å². The van der Waals surface area contributed by atoms with E-state index in [4.69, 9.17) is 16.3 Å². The summed E-state index contributed by atoms with van der Waals surface area (Å²) in [5, 5.41) is 0.339. The molecule has 1 aromatic heterocycles. The number of rotatable bonds is 3. The van der Waals surface area contributed by atoms with Crippen molar-refractivity contribution in [3.8, 4) is 11.3 Å². The fraction of sp³-hybridized carbons (Fsp3) is 0.211. The van der Waals surface area contributed by atoms with Gasteiger partial charge in [0.25, 0.3) is 0 Å². The van der Waals surface area contributed by atoms with Crippen LogP contribution in [-0.2, 0) is 4.74 Å². The lowest BCUT2D eigenvalue weighted by Crippen LogP contribution is -2.01. The lowest BCUT2D eigenvalue weighted by Gasteiger charge is -2.09. The minimum atomic E-state index is -0.406. The zero-order chi connectivity index (χ0) is 17.3. The number of aromatic nitrogens is 2. The third-order valence-electron chi connectivity index (χ3n) is 3.89. The fourth-order valence-corrected chi connectivity index (χ4v) is 2.73. The summed E-state index contributed by atoms with van der Waals surface area (Å²) in [6.45, 7) is 4.29. The standard InChI is InChI=1S/C19H17ClN2O2/c1-11(2)12-4-6-13(7-5-12)17-18(20)22-15-9-8-14(19(23)24-3)10-16(15)21-17/h4-11H,1-3H3. The Morgan fingerprint density at radius 1 is 1.04 bits per heavy atom. The van der Waals surface area contributed by atoms with E-state index in [0.29, 0.717) is 33.4 Å². The molecule has 0 amide bonds. The first kappa shape index (κ1) is 16.4. The molecule has 122 valence electrons. The number of benzene rings is 2. The first-order valence-electron chi connectivity index (χ1n) is 7.65. The second-order valence-electron chi connectivity index (χ2n) is 5.83. The van der Waals surface area contributed by atoms with E-state index >= 15 is 0 Å². The van der Waals surface area contributed by atoms with Crippen molar-refractivity contribution in [2.75, 3.05) is 7.11 Å². The molecule has 5 heteroatoms. The summed E-state index contributed by atoms with van der Waals surface area (Å²) in [6, 6.07) is 13.1. The van der Waals surface area contributed by atoms with Gasteiger partial charge in [0.2, 0.25) is 0 Å². The molecule has 0 saturated heterocycles. The van der Waals surface area contributed by atoms with Crippen molar-refractivity contribution in [2.45, 2.75) is 19.8 Å². The number of hydrogen-bond donors (Lipinski definition) is 0. The normalized spacial score (nSPS) is 11.0. The van der Waals surface area contributed by atoms with Crippen molar-refractivity contribution in [3.05, 3.63) is 58.7 Å². The van der Waals surface area contributed by atoms with Crippen LogP contribution in [0.2, 0.25) is 5.15 Å². The van der Waals surface area contributed by atoms with Crippen molar-refractivity contribution >= 4 is 28.6 Å². The van der Waals surface area contributed by atoms with Gasteiger partial charge in [-0.15, -0.1) is 0 Å². The molecule has 4 nitrogen and oxygen atoms in total. The Labute approximate surface area is 145 Å². The van der Waals surface area contributed by atoms with Gasteiger partial charge in [-0.05, 0) is 29.7 Å². The number of methoxy groups -OCH3 is 1. The van der Waals surface area contributed by atoms with Crippen molar-refractivity contribution in [3.63, 3.8) is 0 Å². The van der Waals surface area contributed by atoms with E-state index in [1.807, 2.05) is 12.1 Å². The minimum Gasteiger partial charge on any atom is -0.465 e. The van der Waals surface area contributed by atoms with Crippen LogP contribution in [0.3, 0.4) is 0 Å². The molecule has 0 fully saturated rings. The molecule has 3 aromatic rings. The van der Waals surface area contributed by atoms with Crippen LogP contribution in [0.1, 0.15) is 35.7 Å². The van der Waals surface area contributed by atoms with Crippen molar-refractivity contribution in [1.29, 1.82) is 0 Å². The third kappa shape index (κ3) is 3.10. The van der Waals surface area contributed by atoms with E-state index in [1.165, 1.54) is 12.7 Å². The van der Waals surface area contributed by atoms with Gasteiger partial charge >= 0.3 is 5.97 Å². The molecular formula is C19H17ClN2O2. The predicted molar refractivity (Wildman–Crippen MR) is 95.4 cm³/mol. The number of ether oxygens (including phenoxy) is 1. The second kappa shape index (κ2) is 6.57. The highest BCUT2D eigenvalue weighted by Gasteiger charge is 2.12. The Kier molecular flexibility index (Phi) is 4.49. The Balaban J connectivity index is 2.10. The molecule has 0 bridgehead atoms. The SMILES string of the molecule is COC(=O)c1ccc2nc(Cl)c(-c3ccc(C(C)C)cc3)nc2c1. The van der Waals surface area contributed by atoms with E-state index in [2.05, 4.69) is 35.9 Å². The number of esters is 1. The molecule has 0 aliphatic heterocycles. The van der Waals surface area contributed by atoms with Crippen LogP contribution in [0.25, 0.3) is 22.3 Å². The molecule has 0 saturated carbocycles. The van der Waals surface area contributed by atoms with Crippen LogP contribution in [-0.4, -0.2) is 23.0 Å². The molecule has 2 aromatic carbocycles. The van der Waals surface area contributed by atoms with Crippen molar-refractivity contribution in [1.82, 2.24) is 9.97 Å². The summed E-state index contributed by atoms with van der Waals surface area (Å²) in [5.41, 5.74) is 4.41. The molecule has 0 spiro atoms. The lowest BCUT2D eigenvalue weighted by atomic mass is 10.0. The van der Waals surface area contributed by atoms with Gasteiger partial charge in [-0.2, -0.15) is 0 Å². The zero-order valence-corrected chi connectivity index (χ0v) is 14.5. The summed E-state index contributed by atoms with van der Waals surface area (Å²) in [7, 11) is 1.35. The highest BCUT2D eigenvalue weighted by Crippen LogP contribution is 2.28. The maximum atomic E-state index is 11.7. The number of hydrogen-bond acceptors (Lipinski definition) is 4. The summed E-state index contributed by atoms with van der Waals surface area (Å²) < 4.78 is 4.75. The van der Waals surface area contributed by atoms with Gasteiger partial charge in [-0.1, -0.05) is 49.7 Å². The van der Waals surface area contributed by atoms with Gasteiger partial charge < -0.3 is 4.74 Å². The van der Waals surface area contributed by atoms with Gasteiger partial charge in [0.1, 0.15) is 5.69 Å². The van der Waals surface area contributed by atoms with Gasteiger partial charge in [-0.3, -0.25) is 0 Å². The monoisotopic (exact) mass is 340 g/mol. The number of halogens is 1. The molecule has 1 heterocycles. The summed E-state index contributed by atoms with van der Waals surface area (Å²) >= 11 is 6.30. The smallest absolute Gasteiger partial charge is 0.337 e. The van der Waals surface area contributed by atoms with Gasteiger partial charge in [0.05, 0.1) is 23.7 Å². The highest BCUT2D eigenvalue weighted by atomic mass is 35.5. The Hall–Kier alpha value is -2.46. The topological polar surface area (TPSA) is 52.1 Å². The number of nitrogens with zero attached hydrogens (tertiary/aromatic N) is 2. The number of carbonyl (C=O) groups is 1. The Morgan fingerprint density at radius 3 is 2.38 bits per heavy atom. The van der Waals surface area contributed by atoms with E-state index in [9.17, 15) is 4.79 Å². The third-order valence-corrected chi connectivity index (χ3v) is 4.16. The maximum Gasteiger partial charge on any atom is 0.337 e. The van der Waals surface area contributed by atoms with Crippen LogP contribution < -0.4 is 0 Å². The molecule has 3 rings (SSSR count). The molecule has 24 heavy (non-hydrogen) atoms. The van der Waals surface area contributed by atoms with E-state index < -0.39 is 5.97 Å². The van der Waals surface area contributed by atoms with Crippen LogP contribution in [0.4, 0.5) is 0 Å². The number of fused-ring (bicyclic) bond motifs is 1. The Morgan fingerprint density at radius 2 is 1.75 bits per heavy atom. The first-order chi connectivity index (χ1) is 11.5. The fourth-order valence-electron chi connectivity index (χ4n) is 2.49. The highest BCUT2D eigenvalue weighted by molar-refractivity contribution is 6.32. The van der Waals surface area contributed by atoms with E-state index in [-0.39, 0.29) is 0 Å². The van der Waals surface area contributed by atoms with Crippen molar-refractivity contribution in [2.24, 2.45) is 0 Å². The predicted octanol–water partition coefficient (Wildman–Crippen LogP) is 4.86. The van der Waals surface area contributed by atoms with Crippen LogP contribution >= 0.6 is 11.6 Å². The minimum absolute atomic E-state index is 0.339. The molecule has 0 radical (unpaired) electrons. The van der Waals surface area contributed by atoms with Crippen molar-refractivity contribution < 1.29 is 9.53 Å². The Bertz CT molecular complexity index is 905. The van der Waals surface area contributed by atoms with Gasteiger partial charge in [-0.25, -0.2) is 14.8 Å². The van der Waals surface area contributed by atoms with Crippen LogP contribution in [0, 0.1) is 0 Å². The number of carbonyl (C=O) groups excluding carboxylic acids is 1. The molecule has 0 unspecified atom stereocenters. The molecule has 0 aliphatic rings. The first-order valence-corrected chi connectivity index (χ1v) is 8.03. The summed E-state index contributed by atoms with van der Waals surface area (Å²) in [6.07, 6.45) is 0. The van der Waals surface area contributed by atoms with E-state index in [1.54, 1.807) is 18.2 Å². The molecule has 0 N–H and O–H groups in total. The van der Waals surface area contributed by atoms with Gasteiger partial charge in [0.15, 0.2) is 5.15 Å². The van der Waals surface area contributed by atoms with Crippen LogP contribution in [0.15, 0.2) is 42.5 Å². The van der Waals surface area contributed by atoms with Gasteiger partial charge in [0, 0.05) is 5.56 Å². The second-order valence-corrected chi connectivity index (χ2v) is 6.19. The average Bonchev–Trinajstić information content (AvgIpc) is 2.60. The summed E-state index contributed by atoms with van der Waals surface area (Å²) in [5.74, 6) is 0.0521. The molecule has 0 aliphatic carbocycles. The summed E-state index contributed by atoms with van der Waals surface area (Å²) in [4.78, 5) is 20.7. The molecular weight excluding hydrogens is 324 g/mol. The quantitative estimate of drug-likeness (QED) is 0.639. The zero-order valence-electron chi connectivity index (χ0n) is 13.7. The molecule has 0 atom stereocenters.